The Labute approximate surface area is 92.3 Å². The minimum Gasteiger partial charge on any atom is -0.742 e. The molecule has 84 valence electrons. The van der Waals surface area contributed by atoms with E-state index >= 15 is 0 Å². The molecule has 0 aliphatic carbocycles. The molecular formula is C9H8N3O3S-. The van der Waals surface area contributed by atoms with E-state index in [1.54, 1.807) is 24.3 Å². The van der Waals surface area contributed by atoms with Gasteiger partial charge in [-0.05, 0) is 0 Å². The first-order chi connectivity index (χ1) is 7.50. The van der Waals surface area contributed by atoms with Crippen molar-refractivity contribution >= 4 is 10.1 Å². The molecule has 0 amide bonds. The lowest BCUT2D eigenvalue weighted by molar-refractivity contribution is 0.449. The van der Waals surface area contributed by atoms with Crippen LogP contribution in [0.2, 0.25) is 0 Å². The lowest BCUT2D eigenvalue weighted by atomic mass is 10.2. The van der Waals surface area contributed by atoms with Gasteiger partial charge in [-0.25, -0.2) is 8.42 Å². The Balaban J connectivity index is 2.59. The predicted octanol–water partition coefficient (Wildman–Crippen LogP) is 0.386. The molecule has 1 heterocycles. The molecule has 0 atom stereocenters. The summed E-state index contributed by atoms with van der Waals surface area (Å²) in [5, 5.41) is 6.48. The molecule has 1 aromatic carbocycles. The van der Waals surface area contributed by atoms with Gasteiger partial charge in [0, 0.05) is 12.6 Å². The van der Waals surface area contributed by atoms with Gasteiger partial charge in [0.15, 0.2) is 15.9 Å². The van der Waals surface area contributed by atoms with Crippen LogP contribution in [-0.4, -0.2) is 27.7 Å². The molecule has 2 aromatic rings. The quantitative estimate of drug-likeness (QED) is 0.706. The summed E-state index contributed by atoms with van der Waals surface area (Å²) in [6.45, 7) is 0. The van der Waals surface area contributed by atoms with Crippen LogP contribution in [0.25, 0.3) is 11.4 Å². The summed E-state index contributed by atoms with van der Waals surface area (Å²) in [6.07, 6.45) is 0. The van der Waals surface area contributed by atoms with Crippen molar-refractivity contribution in [3.05, 3.63) is 30.3 Å². The zero-order chi connectivity index (χ0) is 11.8. The van der Waals surface area contributed by atoms with E-state index in [9.17, 15) is 13.0 Å². The molecule has 7 heteroatoms. The average Bonchev–Trinajstić information content (AvgIpc) is 2.61. The number of nitrogens with zero attached hydrogens (tertiary/aromatic N) is 3. The van der Waals surface area contributed by atoms with Gasteiger partial charge in [-0.1, -0.05) is 30.3 Å². The van der Waals surface area contributed by atoms with Gasteiger partial charge in [-0.3, -0.25) is 0 Å². The zero-order valence-electron chi connectivity index (χ0n) is 8.36. The molecule has 0 fully saturated rings. The lowest BCUT2D eigenvalue weighted by Crippen LogP contribution is -2.07. The van der Waals surface area contributed by atoms with Gasteiger partial charge >= 0.3 is 0 Å². The first-order valence-electron chi connectivity index (χ1n) is 4.41. The molecule has 0 unspecified atom stereocenters. The highest BCUT2D eigenvalue weighted by Crippen LogP contribution is 2.18. The molecule has 0 bridgehead atoms. The van der Waals surface area contributed by atoms with Gasteiger partial charge in [0.25, 0.3) is 0 Å². The number of benzene rings is 1. The molecule has 0 aliphatic heterocycles. The minimum atomic E-state index is -4.58. The van der Waals surface area contributed by atoms with E-state index in [4.69, 9.17) is 0 Å². The smallest absolute Gasteiger partial charge is 0.237 e. The van der Waals surface area contributed by atoms with E-state index in [2.05, 4.69) is 10.2 Å². The summed E-state index contributed by atoms with van der Waals surface area (Å²) < 4.78 is 33.6. The Morgan fingerprint density at radius 2 is 1.81 bits per heavy atom. The zero-order valence-corrected chi connectivity index (χ0v) is 9.18. The van der Waals surface area contributed by atoms with Crippen LogP contribution < -0.4 is 0 Å². The van der Waals surface area contributed by atoms with Crippen LogP contribution >= 0.6 is 0 Å². The minimum absolute atomic E-state index is 0.343. The fourth-order valence-electron chi connectivity index (χ4n) is 1.37. The summed E-state index contributed by atoms with van der Waals surface area (Å²) in [5.74, 6) is 0.343. The Bertz CT molecular complexity index is 604. The molecular weight excluding hydrogens is 230 g/mol. The van der Waals surface area contributed by atoms with Gasteiger partial charge in [0.1, 0.15) is 0 Å². The summed E-state index contributed by atoms with van der Waals surface area (Å²) in [5.41, 5.74) is 0.701. The van der Waals surface area contributed by atoms with Crippen molar-refractivity contribution in [2.45, 2.75) is 5.16 Å². The third-order valence-electron chi connectivity index (χ3n) is 2.09. The second-order valence-electron chi connectivity index (χ2n) is 3.19. The normalized spacial score (nSPS) is 11.6. The highest BCUT2D eigenvalue weighted by molar-refractivity contribution is 7.85. The van der Waals surface area contributed by atoms with Crippen molar-refractivity contribution in [2.24, 2.45) is 7.05 Å². The average molecular weight is 238 g/mol. The number of aromatic nitrogens is 3. The van der Waals surface area contributed by atoms with E-state index in [0.29, 0.717) is 11.4 Å². The Hall–Kier alpha value is -1.73. The SMILES string of the molecule is Cn1c(-c2ccccc2)nnc1S(=O)(=O)[O-]. The Kier molecular flexibility index (Phi) is 2.49. The first kappa shape index (κ1) is 10.8. The molecule has 0 aliphatic rings. The van der Waals surface area contributed by atoms with Gasteiger partial charge in [0.05, 0.1) is 0 Å². The monoisotopic (exact) mass is 238 g/mol. The van der Waals surface area contributed by atoms with Gasteiger partial charge in [-0.15, -0.1) is 10.2 Å². The van der Waals surface area contributed by atoms with E-state index in [1.807, 2.05) is 6.07 Å². The fourth-order valence-corrected chi connectivity index (χ4v) is 1.93. The molecule has 6 nitrogen and oxygen atoms in total. The van der Waals surface area contributed by atoms with E-state index in [0.717, 1.165) is 4.57 Å². The number of hydrogen-bond donors (Lipinski definition) is 0. The van der Waals surface area contributed by atoms with E-state index in [-0.39, 0.29) is 0 Å². The lowest BCUT2D eigenvalue weighted by Gasteiger charge is -2.06. The van der Waals surface area contributed by atoms with Crippen molar-refractivity contribution in [1.82, 2.24) is 14.8 Å². The van der Waals surface area contributed by atoms with Crippen LogP contribution in [-0.2, 0) is 17.2 Å². The summed E-state index contributed by atoms with van der Waals surface area (Å²) in [7, 11) is -3.14. The number of rotatable bonds is 2. The Morgan fingerprint density at radius 3 is 2.31 bits per heavy atom. The summed E-state index contributed by atoms with van der Waals surface area (Å²) >= 11 is 0. The Morgan fingerprint density at radius 1 is 1.19 bits per heavy atom. The maximum Gasteiger partial charge on any atom is 0.237 e. The topological polar surface area (TPSA) is 87.9 Å². The third kappa shape index (κ3) is 1.82. The fraction of sp³-hybridized carbons (Fsp3) is 0.111. The summed E-state index contributed by atoms with van der Waals surface area (Å²) in [4.78, 5) is 0. The molecule has 16 heavy (non-hydrogen) atoms. The van der Waals surface area contributed by atoms with Crippen molar-refractivity contribution in [3.8, 4) is 11.4 Å². The standard InChI is InChI=1S/C9H9N3O3S/c1-12-8(7-5-3-2-4-6-7)10-11-9(12)16(13,14)15/h2-6H,1H3,(H,13,14,15)/p-1. The van der Waals surface area contributed by atoms with Crippen molar-refractivity contribution in [3.63, 3.8) is 0 Å². The highest BCUT2D eigenvalue weighted by Gasteiger charge is 2.14. The van der Waals surface area contributed by atoms with Gasteiger partial charge < -0.3 is 9.12 Å². The highest BCUT2D eigenvalue weighted by atomic mass is 32.2. The molecule has 2 rings (SSSR count). The molecule has 0 saturated carbocycles. The van der Waals surface area contributed by atoms with Crippen molar-refractivity contribution in [1.29, 1.82) is 0 Å². The maximum absolute atomic E-state index is 10.8. The first-order valence-corrected chi connectivity index (χ1v) is 5.81. The second-order valence-corrected chi connectivity index (χ2v) is 4.46. The van der Waals surface area contributed by atoms with Gasteiger partial charge in [-0.2, -0.15) is 0 Å². The molecule has 0 radical (unpaired) electrons. The second kappa shape index (κ2) is 3.69. The molecule has 0 saturated heterocycles. The van der Waals surface area contributed by atoms with Crippen molar-refractivity contribution < 1.29 is 13.0 Å². The van der Waals surface area contributed by atoms with Crippen LogP contribution in [0, 0.1) is 0 Å². The molecule has 0 N–H and O–H groups in total. The maximum atomic E-state index is 10.8. The third-order valence-corrected chi connectivity index (χ3v) is 2.89. The predicted molar refractivity (Wildman–Crippen MR) is 54.4 cm³/mol. The largest absolute Gasteiger partial charge is 0.742 e. The van der Waals surface area contributed by atoms with Crippen LogP contribution in [0.1, 0.15) is 0 Å². The van der Waals surface area contributed by atoms with Gasteiger partial charge in [0.2, 0.25) is 5.16 Å². The van der Waals surface area contributed by atoms with Crippen LogP contribution in [0.4, 0.5) is 0 Å². The van der Waals surface area contributed by atoms with Crippen LogP contribution in [0.15, 0.2) is 35.5 Å². The van der Waals surface area contributed by atoms with E-state index in [1.165, 1.54) is 7.05 Å². The molecule has 0 spiro atoms. The summed E-state index contributed by atoms with van der Waals surface area (Å²) in [6, 6.07) is 8.91. The van der Waals surface area contributed by atoms with Crippen molar-refractivity contribution in [2.75, 3.05) is 0 Å². The molecule has 1 aromatic heterocycles. The van der Waals surface area contributed by atoms with Crippen LogP contribution in [0.3, 0.4) is 0 Å². The van der Waals surface area contributed by atoms with Crippen LogP contribution in [0.5, 0.6) is 0 Å². The number of hydrogen-bond acceptors (Lipinski definition) is 5. The van der Waals surface area contributed by atoms with E-state index < -0.39 is 15.3 Å².